The van der Waals surface area contributed by atoms with Gasteiger partial charge in [-0.15, -0.1) is 21.5 Å². The normalized spacial score (nSPS) is 10.5. The number of anilines is 2. The number of amides is 1. The maximum Gasteiger partial charge on any atom is 0.230 e. The number of aryl methyl sites for hydroxylation is 1. The highest BCUT2D eigenvalue weighted by atomic mass is 32.2. The van der Waals surface area contributed by atoms with E-state index in [0.717, 1.165) is 20.0 Å². The summed E-state index contributed by atoms with van der Waals surface area (Å²) in [6, 6.07) is 12.1. The van der Waals surface area contributed by atoms with Gasteiger partial charge in [0.1, 0.15) is 0 Å². The highest BCUT2D eigenvalue weighted by molar-refractivity contribution is 8.01. The molecule has 3 aromatic rings. The van der Waals surface area contributed by atoms with E-state index in [1.807, 2.05) is 48.7 Å². The van der Waals surface area contributed by atoms with Gasteiger partial charge >= 0.3 is 0 Å². The minimum absolute atomic E-state index is 0.00311. The van der Waals surface area contributed by atoms with Crippen LogP contribution >= 0.6 is 34.4 Å². The summed E-state index contributed by atoms with van der Waals surface area (Å²) in [6.07, 6.45) is 0. The van der Waals surface area contributed by atoms with E-state index < -0.39 is 0 Å². The fourth-order valence-corrected chi connectivity index (χ4v) is 4.10. The van der Waals surface area contributed by atoms with E-state index in [9.17, 15) is 4.79 Å². The van der Waals surface area contributed by atoms with E-state index in [0.29, 0.717) is 12.3 Å². The number of hydrogen-bond acceptors (Lipinski definition) is 7. The quantitative estimate of drug-likeness (QED) is 0.609. The maximum atomic E-state index is 11.9. The third kappa shape index (κ3) is 5.05. The molecule has 0 atom stereocenters. The molecule has 0 aliphatic rings. The van der Waals surface area contributed by atoms with Crippen molar-refractivity contribution < 1.29 is 4.79 Å². The average Bonchev–Trinajstić information content (AvgIpc) is 3.25. The number of nitrogens with zero attached hydrogens (tertiary/aromatic N) is 2. The fraction of sp³-hybridized carbons (Fsp3) is 0.188. The molecular weight excluding hydrogens is 360 g/mol. The topological polar surface area (TPSA) is 66.9 Å². The van der Waals surface area contributed by atoms with Gasteiger partial charge < -0.3 is 10.6 Å². The van der Waals surface area contributed by atoms with Crippen LogP contribution in [-0.2, 0) is 11.3 Å². The van der Waals surface area contributed by atoms with Crippen molar-refractivity contribution >= 4 is 51.2 Å². The molecule has 24 heavy (non-hydrogen) atoms. The number of thiophene rings is 1. The summed E-state index contributed by atoms with van der Waals surface area (Å²) < 4.78 is 0.774. The molecule has 5 nitrogen and oxygen atoms in total. The first-order chi connectivity index (χ1) is 11.7. The van der Waals surface area contributed by atoms with Crippen LogP contribution in [0, 0.1) is 6.92 Å². The van der Waals surface area contributed by atoms with E-state index in [1.54, 1.807) is 11.3 Å². The van der Waals surface area contributed by atoms with E-state index >= 15 is 0 Å². The molecule has 8 heteroatoms. The van der Waals surface area contributed by atoms with Gasteiger partial charge in [-0.3, -0.25) is 4.79 Å². The van der Waals surface area contributed by atoms with Gasteiger partial charge in [0.15, 0.2) is 4.34 Å². The SMILES string of the molecule is Cc1ccc(Nc2nnc(SCC(=O)NCc3cccs3)s2)cc1. The molecule has 124 valence electrons. The summed E-state index contributed by atoms with van der Waals surface area (Å²) in [5.74, 6) is 0.335. The van der Waals surface area contributed by atoms with Crippen molar-refractivity contribution in [1.82, 2.24) is 15.5 Å². The van der Waals surface area contributed by atoms with Crippen LogP contribution in [0.25, 0.3) is 0 Å². The van der Waals surface area contributed by atoms with Crippen molar-refractivity contribution in [3.63, 3.8) is 0 Å². The molecule has 2 heterocycles. The first kappa shape index (κ1) is 16.9. The lowest BCUT2D eigenvalue weighted by Crippen LogP contribution is -2.24. The third-order valence-corrected chi connectivity index (χ3v) is 5.92. The maximum absolute atomic E-state index is 11.9. The number of benzene rings is 1. The van der Waals surface area contributed by atoms with E-state index in [4.69, 9.17) is 0 Å². The average molecular weight is 377 g/mol. The molecule has 0 bridgehead atoms. The minimum atomic E-state index is -0.00311. The lowest BCUT2D eigenvalue weighted by Gasteiger charge is -2.02. The molecule has 2 N–H and O–H groups in total. The van der Waals surface area contributed by atoms with Crippen molar-refractivity contribution in [3.8, 4) is 0 Å². The standard InChI is InChI=1S/C16H16N4OS3/c1-11-4-6-12(7-5-11)18-15-19-20-16(24-15)23-10-14(21)17-9-13-3-2-8-22-13/h2-8H,9-10H2,1H3,(H,17,21)(H,18,19). The predicted molar refractivity (Wildman–Crippen MR) is 101 cm³/mol. The summed E-state index contributed by atoms with van der Waals surface area (Å²) in [4.78, 5) is 13.0. The molecule has 0 aliphatic heterocycles. The number of rotatable bonds is 7. The zero-order valence-electron chi connectivity index (χ0n) is 13.0. The Morgan fingerprint density at radius 3 is 2.79 bits per heavy atom. The summed E-state index contributed by atoms with van der Waals surface area (Å²) >= 11 is 4.47. The van der Waals surface area contributed by atoms with Crippen molar-refractivity contribution in [2.75, 3.05) is 11.1 Å². The summed E-state index contributed by atoms with van der Waals surface area (Å²) in [7, 11) is 0. The molecule has 0 saturated carbocycles. The third-order valence-electron chi connectivity index (χ3n) is 3.08. The van der Waals surface area contributed by atoms with Crippen molar-refractivity contribution in [2.24, 2.45) is 0 Å². The Hall–Kier alpha value is -1.90. The second kappa shape index (κ2) is 8.27. The molecule has 1 aromatic carbocycles. The molecule has 2 aromatic heterocycles. The molecule has 0 fully saturated rings. The number of thioether (sulfide) groups is 1. The van der Waals surface area contributed by atoms with Gasteiger partial charge in [-0.25, -0.2) is 0 Å². The number of nitrogens with one attached hydrogen (secondary N) is 2. The minimum Gasteiger partial charge on any atom is -0.350 e. The van der Waals surface area contributed by atoms with Gasteiger partial charge in [0.05, 0.1) is 12.3 Å². The first-order valence-corrected chi connectivity index (χ1v) is 9.96. The Morgan fingerprint density at radius 2 is 2.04 bits per heavy atom. The number of aromatic nitrogens is 2. The lowest BCUT2D eigenvalue weighted by molar-refractivity contribution is -0.118. The second-order valence-electron chi connectivity index (χ2n) is 5.01. The van der Waals surface area contributed by atoms with Gasteiger partial charge in [0.25, 0.3) is 0 Å². The van der Waals surface area contributed by atoms with Gasteiger partial charge in [0, 0.05) is 10.6 Å². The van der Waals surface area contributed by atoms with Crippen molar-refractivity contribution in [2.45, 2.75) is 17.8 Å². The number of carbonyl (C=O) groups excluding carboxylic acids is 1. The van der Waals surface area contributed by atoms with Crippen LogP contribution in [0.3, 0.4) is 0 Å². The van der Waals surface area contributed by atoms with Crippen LogP contribution in [0.4, 0.5) is 10.8 Å². The molecular formula is C16H16N4OS3. The number of carbonyl (C=O) groups is 1. The molecule has 3 rings (SSSR count). The highest BCUT2D eigenvalue weighted by Crippen LogP contribution is 2.27. The largest absolute Gasteiger partial charge is 0.350 e. The van der Waals surface area contributed by atoms with Gasteiger partial charge in [-0.2, -0.15) is 0 Å². The van der Waals surface area contributed by atoms with Crippen molar-refractivity contribution in [1.29, 1.82) is 0 Å². The monoisotopic (exact) mass is 376 g/mol. The zero-order chi connectivity index (χ0) is 16.8. The van der Waals surface area contributed by atoms with Crippen LogP contribution in [0.5, 0.6) is 0 Å². The molecule has 1 amide bonds. The first-order valence-electron chi connectivity index (χ1n) is 7.28. The molecule has 0 aliphatic carbocycles. The Bertz CT molecular complexity index is 784. The van der Waals surface area contributed by atoms with Crippen LogP contribution < -0.4 is 10.6 Å². The lowest BCUT2D eigenvalue weighted by atomic mass is 10.2. The van der Waals surface area contributed by atoms with Gasteiger partial charge in [0.2, 0.25) is 11.0 Å². The summed E-state index contributed by atoms with van der Waals surface area (Å²) in [6.45, 7) is 2.63. The Labute approximate surface area is 152 Å². The molecule has 0 unspecified atom stereocenters. The fourth-order valence-electron chi connectivity index (χ4n) is 1.86. The second-order valence-corrected chi connectivity index (χ2v) is 8.24. The Kier molecular flexibility index (Phi) is 5.84. The summed E-state index contributed by atoms with van der Waals surface area (Å²) in [5, 5.41) is 17.0. The highest BCUT2D eigenvalue weighted by Gasteiger charge is 2.08. The van der Waals surface area contributed by atoms with Crippen LogP contribution in [0.2, 0.25) is 0 Å². The van der Waals surface area contributed by atoms with Gasteiger partial charge in [-0.05, 0) is 30.5 Å². The zero-order valence-corrected chi connectivity index (χ0v) is 15.4. The van der Waals surface area contributed by atoms with Gasteiger partial charge in [-0.1, -0.05) is 46.9 Å². The molecule has 0 spiro atoms. The van der Waals surface area contributed by atoms with Crippen LogP contribution in [0.1, 0.15) is 10.4 Å². The van der Waals surface area contributed by atoms with Crippen LogP contribution in [-0.4, -0.2) is 21.9 Å². The van der Waals surface area contributed by atoms with Crippen molar-refractivity contribution in [3.05, 3.63) is 52.2 Å². The molecule has 0 radical (unpaired) electrons. The Balaban J connectivity index is 1.45. The smallest absolute Gasteiger partial charge is 0.230 e. The van der Waals surface area contributed by atoms with E-state index in [2.05, 4.69) is 20.8 Å². The Morgan fingerprint density at radius 1 is 1.21 bits per heavy atom. The summed E-state index contributed by atoms with van der Waals surface area (Å²) in [5.41, 5.74) is 2.18. The van der Waals surface area contributed by atoms with E-state index in [1.165, 1.54) is 28.7 Å². The van der Waals surface area contributed by atoms with Crippen LogP contribution in [0.15, 0.2) is 46.1 Å². The molecule has 0 saturated heterocycles. The number of hydrogen-bond donors (Lipinski definition) is 2. The predicted octanol–water partition coefficient (Wildman–Crippen LogP) is 4.06. The van der Waals surface area contributed by atoms with E-state index in [-0.39, 0.29) is 5.91 Å².